The van der Waals surface area contributed by atoms with Gasteiger partial charge in [0.2, 0.25) is 0 Å². The zero-order valence-corrected chi connectivity index (χ0v) is 10.2. The fraction of sp³-hybridized carbons (Fsp3) is 0.400. The Morgan fingerprint density at radius 2 is 2.29 bits per heavy atom. The molecule has 1 aromatic rings. The van der Waals surface area contributed by atoms with E-state index in [-0.39, 0.29) is 13.0 Å². The molecule has 0 fully saturated rings. The predicted molar refractivity (Wildman–Crippen MR) is 60.4 cm³/mol. The highest BCUT2D eigenvalue weighted by atomic mass is 31.2. The molecule has 1 rings (SSSR count). The molecule has 2 N–H and O–H groups in total. The van der Waals surface area contributed by atoms with Crippen LogP contribution < -0.4 is 0 Å². The predicted octanol–water partition coefficient (Wildman–Crippen LogP) is 0.733. The van der Waals surface area contributed by atoms with E-state index in [1.54, 1.807) is 25.3 Å². The molecule has 0 saturated carbocycles. The van der Waals surface area contributed by atoms with E-state index in [0.29, 0.717) is 5.56 Å². The van der Waals surface area contributed by atoms with E-state index in [1.165, 1.54) is 6.20 Å². The van der Waals surface area contributed by atoms with Crippen LogP contribution in [0.4, 0.5) is 0 Å². The van der Waals surface area contributed by atoms with Gasteiger partial charge < -0.3 is 14.5 Å². The van der Waals surface area contributed by atoms with Crippen molar-refractivity contribution in [3.8, 4) is 0 Å². The van der Waals surface area contributed by atoms with Crippen molar-refractivity contribution in [3.63, 3.8) is 0 Å². The maximum Gasteiger partial charge on any atom is 0.340 e. The first-order chi connectivity index (χ1) is 7.95. The molecule has 0 radical (unpaired) electrons. The number of pyridine rings is 1. The van der Waals surface area contributed by atoms with Crippen LogP contribution in [-0.2, 0) is 20.5 Å². The van der Waals surface area contributed by atoms with Crippen LogP contribution in [0.5, 0.6) is 0 Å². The van der Waals surface area contributed by atoms with Crippen molar-refractivity contribution in [1.29, 1.82) is 0 Å². The Morgan fingerprint density at radius 3 is 2.76 bits per heavy atom. The summed E-state index contributed by atoms with van der Waals surface area (Å²) in [7, 11) is -4.53. The number of esters is 1. The average Bonchev–Trinajstić information content (AvgIpc) is 2.26. The minimum absolute atomic E-state index is 0.0857. The van der Waals surface area contributed by atoms with Crippen LogP contribution in [-0.4, -0.2) is 33.0 Å². The summed E-state index contributed by atoms with van der Waals surface area (Å²) < 4.78 is 15.9. The zero-order chi connectivity index (χ0) is 12.9. The number of carbonyl (C=O) groups is 1. The van der Waals surface area contributed by atoms with Gasteiger partial charge in [-0.2, -0.15) is 0 Å². The van der Waals surface area contributed by atoms with Crippen molar-refractivity contribution < 1.29 is 23.9 Å². The summed E-state index contributed by atoms with van der Waals surface area (Å²) in [5.41, 5.74) is -0.888. The third-order valence-corrected chi connectivity index (χ3v) is 3.32. The number of ether oxygens (including phenoxy) is 1. The summed E-state index contributed by atoms with van der Waals surface area (Å²) >= 11 is 0. The maximum absolute atomic E-state index is 11.5. The molecule has 0 aliphatic heterocycles. The molecule has 6 nitrogen and oxygen atoms in total. The van der Waals surface area contributed by atoms with Gasteiger partial charge in [-0.1, -0.05) is 6.07 Å². The number of aromatic nitrogens is 1. The Balaban J connectivity index is 2.86. The van der Waals surface area contributed by atoms with Crippen LogP contribution in [0.25, 0.3) is 0 Å². The van der Waals surface area contributed by atoms with Crippen LogP contribution in [0.2, 0.25) is 0 Å². The standard InChI is InChI=1S/C10H14NO5P/c1-2-16-10(12)9(17(13,14)15)6-8-4-3-5-11-7-8/h3-5,7,9H,2,6H2,1H3,(H2,13,14,15)/t9-/m1/s1. The molecule has 0 aromatic carbocycles. The largest absolute Gasteiger partial charge is 0.465 e. The summed E-state index contributed by atoms with van der Waals surface area (Å²) in [6.45, 7) is 1.67. The first-order valence-electron chi connectivity index (χ1n) is 5.06. The number of rotatable bonds is 5. The highest BCUT2D eigenvalue weighted by Gasteiger charge is 2.36. The van der Waals surface area contributed by atoms with Crippen molar-refractivity contribution in [2.24, 2.45) is 0 Å². The van der Waals surface area contributed by atoms with E-state index < -0.39 is 19.2 Å². The molecule has 1 atom stereocenters. The summed E-state index contributed by atoms with van der Waals surface area (Å²) in [5.74, 6) is -0.885. The van der Waals surface area contributed by atoms with Crippen LogP contribution in [0.15, 0.2) is 24.5 Å². The molecule has 94 valence electrons. The molecule has 0 saturated heterocycles. The first kappa shape index (κ1) is 13.8. The van der Waals surface area contributed by atoms with Gasteiger partial charge in [0.05, 0.1) is 6.61 Å². The second-order valence-corrected chi connectivity index (χ2v) is 5.22. The molecule has 0 unspecified atom stereocenters. The molecule has 0 aliphatic rings. The Kier molecular flexibility index (Phi) is 4.81. The van der Waals surface area contributed by atoms with E-state index in [2.05, 4.69) is 9.72 Å². The van der Waals surface area contributed by atoms with E-state index >= 15 is 0 Å². The molecule has 0 aliphatic carbocycles. The molecule has 0 spiro atoms. The van der Waals surface area contributed by atoms with Gasteiger partial charge in [0.25, 0.3) is 0 Å². The fourth-order valence-electron chi connectivity index (χ4n) is 1.32. The summed E-state index contributed by atoms with van der Waals surface area (Å²) in [6.07, 6.45) is 2.92. The van der Waals surface area contributed by atoms with E-state index in [4.69, 9.17) is 9.79 Å². The van der Waals surface area contributed by atoms with Gasteiger partial charge in [0, 0.05) is 12.4 Å². The lowest BCUT2D eigenvalue weighted by molar-refractivity contribution is -0.142. The first-order valence-corrected chi connectivity index (χ1v) is 6.74. The second kappa shape index (κ2) is 5.91. The SMILES string of the molecule is CCOC(=O)[C@@H](Cc1cccnc1)P(=O)(O)O. The topological polar surface area (TPSA) is 96.7 Å². The van der Waals surface area contributed by atoms with Crippen molar-refractivity contribution in [3.05, 3.63) is 30.1 Å². The number of hydrogen-bond acceptors (Lipinski definition) is 4. The molecule has 1 heterocycles. The smallest absolute Gasteiger partial charge is 0.340 e. The number of nitrogens with zero attached hydrogens (tertiary/aromatic N) is 1. The lowest BCUT2D eigenvalue weighted by Crippen LogP contribution is -2.26. The Morgan fingerprint density at radius 1 is 1.59 bits per heavy atom. The molecular formula is C10H14NO5P. The third kappa shape index (κ3) is 4.26. The van der Waals surface area contributed by atoms with Gasteiger partial charge in [-0.15, -0.1) is 0 Å². The normalized spacial score (nSPS) is 13.1. The van der Waals surface area contributed by atoms with Gasteiger partial charge in [-0.3, -0.25) is 14.3 Å². The van der Waals surface area contributed by atoms with Gasteiger partial charge in [-0.25, -0.2) is 0 Å². The monoisotopic (exact) mass is 259 g/mol. The second-order valence-electron chi connectivity index (χ2n) is 3.42. The van der Waals surface area contributed by atoms with Gasteiger partial charge in [0.15, 0.2) is 5.66 Å². The van der Waals surface area contributed by atoms with Gasteiger partial charge >= 0.3 is 13.6 Å². The summed E-state index contributed by atoms with van der Waals surface area (Å²) in [6, 6.07) is 3.28. The Hall–Kier alpha value is -1.23. The van der Waals surface area contributed by atoms with Crippen LogP contribution in [0.3, 0.4) is 0 Å². The number of hydrogen-bond donors (Lipinski definition) is 2. The Bertz CT molecular complexity index is 416. The van der Waals surface area contributed by atoms with Crippen LogP contribution in [0, 0.1) is 0 Å². The minimum atomic E-state index is -4.53. The fourth-order valence-corrected chi connectivity index (χ4v) is 2.12. The van der Waals surface area contributed by atoms with Crippen LogP contribution in [0.1, 0.15) is 12.5 Å². The summed E-state index contributed by atoms with van der Waals surface area (Å²) in [5, 5.41) is 0. The van der Waals surface area contributed by atoms with E-state index in [9.17, 15) is 9.36 Å². The molecule has 1 aromatic heterocycles. The zero-order valence-electron chi connectivity index (χ0n) is 9.31. The Labute approximate surface area is 98.8 Å². The van der Waals surface area contributed by atoms with Crippen LogP contribution >= 0.6 is 7.60 Å². The van der Waals surface area contributed by atoms with Gasteiger partial charge in [-0.05, 0) is 25.0 Å². The average molecular weight is 259 g/mol. The molecule has 0 amide bonds. The highest BCUT2D eigenvalue weighted by molar-refractivity contribution is 7.53. The quantitative estimate of drug-likeness (QED) is 0.597. The van der Waals surface area contributed by atoms with Crippen molar-refractivity contribution in [1.82, 2.24) is 4.98 Å². The lowest BCUT2D eigenvalue weighted by Gasteiger charge is -2.16. The highest BCUT2D eigenvalue weighted by Crippen LogP contribution is 2.43. The van der Waals surface area contributed by atoms with Gasteiger partial charge in [0.1, 0.15) is 0 Å². The number of carbonyl (C=O) groups excluding carboxylic acids is 1. The summed E-state index contributed by atoms with van der Waals surface area (Å²) in [4.78, 5) is 33.5. The molecule has 17 heavy (non-hydrogen) atoms. The van der Waals surface area contributed by atoms with Crippen molar-refractivity contribution in [2.75, 3.05) is 6.61 Å². The third-order valence-electron chi connectivity index (χ3n) is 2.12. The van der Waals surface area contributed by atoms with Crippen molar-refractivity contribution in [2.45, 2.75) is 19.0 Å². The maximum atomic E-state index is 11.5. The molecule has 0 bridgehead atoms. The van der Waals surface area contributed by atoms with E-state index in [1.807, 2.05) is 0 Å². The van der Waals surface area contributed by atoms with E-state index in [0.717, 1.165) is 0 Å². The minimum Gasteiger partial charge on any atom is -0.465 e. The van der Waals surface area contributed by atoms with Crippen molar-refractivity contribution >= 4 is 13.6 Å². The molecule has 7 heteroatoms. The molecular weight excluding hydrogens is 245 g/mol. The lowest BCUT2D eigenvalue weighted by atomic mass is 10.1.